The molecule has 1 aromatic heterocycles. The first kappa shape index (κ1) is 22.9. The summed E-state index contributed by atoms with van der Waals surface area (Å²) in [6, 6.07) is 10.8. The van der Waals surface area contributed by atoms with Crippen LogP contribution in [0.1, 0.15) is 61.8 Å². The van der Waals surface area contributed by atoms with Gasteiger partial charge in [-0.1, -0.05) is 24.6 Å². The standard InChI is InChI=1S/C26H25BrN2O4S/c1-13-4-7-15(8-5-13)26(31)33-22-18(27)11-16(12-19(22)32-3)23-28-24(30)21-17-9-6-14(2)10-20(17)34-25(21)29-23/h4-5,7-8,11-12,14,23,29H,6,9-10H2,1-3H3,(H,28,30)/t14-,23-/m0/s1. The molecule has 1 aliphatic carbocycles. The topological polar surface area (TPSA) is 76.7 Å². The van der Waals surface area contributed by atoms with Gasteiger partial charge in [0.2, 0.25) is 0 Å². The Hall–Kier alpha value is -2.84. The molecule has 2 aromatic carbocycles. The second-order valence-electron chi connectivity index (χ2n) is 8.90. The fourth-order valence-electron chi connectivity index (χ4n) is 4.48. The minimum absolute atomic E-state index is 0.0595. The highest BCUT2D eigenvalue weighted by Crippen LogP contribution is 2.44. The zero-order chi connectivity index (χ0) is 24.0. The third kappa shape index (κ3) is 4.20. The van der Waals surface area contributed by atoms with Gasteiger partial charge in [0.15, 0.2) is 11.5 Å². The summed E-state index contributed by atoms with van der Waals surface area (Å²) in [4.78, 5) is 27.0. The molecule has 34 heavy (non-hydrogen) atoms. The molecule has 0 bridgehead atoms. The predicted molar refractivity (Wildman–Crippen MR) is 136 cm³/mol. The highest BCUT2D eigenvalue weighted by Gasteiger charge is 2.33. The lowest BCUT2D eigenvalue weighted by atomic mass is 9.88. The van der Waals surface area contributed by atoms with Gasteiger partial charge in [0, 0.05) is 4.88 Å². The molecule has 5 rings (SSSR count). The molecular formula is C26H25BrN2O4S. The predicted octanol–water partition coefficient (Wildman–Crippen LogP) is 6.03. The molecule has 2 N–H and O–H groups in total. The van der Waals surface area contributed by atoms with Gasteiger partial charge in [0.05, 0.1) is 22.7 Å². The van der Waals surface area contributed by atoms with Crippen molar-refractivity contribution >= 4 is 44.1 Å². The maximum absolute atomic E-state index is 13.1. The number of ether oxygens (including phenoxy) is 2. The number of carbonyl (C=O) groups excluding carboxylic acids is 2. The van der Waals surface area contributed by atoms with Gasteiger partial charge in [-0.15, -0.1) is 11.3 Å². The number of hydrogen-bond acceptors (Lipinski definition) is 6. The largest absolute Gasteiger partial charge is 0.493 e. The third-order valence-corrected chi connectivity index (χ3v) is 8.13. The fraction of sp³-hybridized carbons (Fsp3) is 0.308. The fourth-order valence-corrected chi connectivity index (χ4v) is 6.45. The molecule has 0 fully saturated rings. The van der Waals surface area contributed by atoms with E-state index in [0.717, 1.165) is 41.0 Å². The number of esters is 1. The van der Waals surface area contributed by atoms with Gasteiger partial charge in [-0.3, -0.25) is 4.79 Å². The van der Waals surface area contributed by atoms with Crippen LogP contribution < -0.4 is 20.1 Å². The van der Waals surface area contributed by atoms with Crippen LogP contribution in [-0.4, -0.2) is 19.0 Å². The first-order valence-electron chi connectivity index (χ1n) is 11.2. The molecule has 2 atom stereocenters. The zero-order valence-electron chi connectivity index (χ0n) is 19.2. The number of fused-ring (bicyclic) bond motifs is 3. The Bertz CT molecular complexity index is 1280. The van der Waals surface area contributed by atoms with Crippen molar-refractivity contribution in [2.75, 3.05) is 12.4 Å². The molecule has 0 spiro atoms. The van der Waals surface area contributed by atoms with E-state index in [1.54, 1.807) is 29.5 Å². The molecule has 2 aliphatic rings. The normalized spacial score (nSPS) is 18.9. The molecular weight excluding hydrogens is 516 g/mol. The van der Waals surface area contributed by atoms with Crippen LogP contribution in [0.25, 0.3) is 0 Å². The van der Waals surface area contributed by atoms with Crippen LogP contribution >= 0.6 is 27.3 Å². The average molecular weight is 541 g/mol. The molecule has 0 saturated heterocycles. The quantitative estimate of drug-likeness (QED) is 0.312. The summed E-state index contributed by atoms with van der Waals surface area (Å²) in [7, 11) is 1.52. The second kappa shape index (κ2) is 9.07. The van der Waals surface area contributed by atoms with E-state index < -0.39 is 12.1 Å². The van der Waals surface area contributed by atoms with Crippen molar-refractivity contribution in [2.45, 2.75) is 39.3 Å². The van der Waals surface area contributed by atoms with Crippen molar-refractivity contribution in [1.29, 1.82) is 0 Å². The van der Waals surface area contributed by atoms with Gasteiger partial charge < -0.3 is 20.1 Å². The number of amides is 1. The summed E-state index contributed by atoms with van der Waals surface area (Å²) < 4.78 is 11.8. The number of aryl methyl sites for hydroxylation is 1. The van der Waals surface area contributed by atoms with Crippen molar-refractivity contribution < 1.29 is 19.1 Å². The Morgan fingerprint density at radius 3 is 2.68 bits per heavy atom. The van der Waals surface area contributed by atoms with Crippen LogP contribution in [0, 0.1) is 12.8 Å². The van der Waals surface area contributed by atoms with Gasteiger partial charge in [-0.2, -0.15) is 0 Å². The molecule has 6 nitrogen and oxygen atoms in total. The summed E-state index contributed by atoms with van der Waals surface area (Å²) in [6.07, 6.45) is 2.65. The number of methoxy groups -OCH3 is 1. The molecule has 8 heteroatoms. The Kier molecular flexibility index (Phi) is 6.12. The third-order valence-electron chi connectivity index (χ3n) is 6.36. The SMILES string of the molecule is COc1cc([C@H]2NC(=O)c3c(sc4c3CC[C@H](C)C4)N2)cc(Br)c1OC(=O)c1ccc(C)cc1. The average Bonchev–Trinajstić information content (AvgIpc) is 3.18. The Labute approximate surface area is 210 Å². The van der Waals surface area contributed by atoms with Crippen molar-refractivity contribution in [3.05, 3.63) is 73.6 Å². The van der Waals surface area contributed by atoms with Crippen molar-refractivity contribution in [3.8, 4) is 11.5 Å². The number of rotatable bonds is 4. The van der Waals surface area contributed by atoms with E-state index >= 15 is 0 Å². The van der Waals surface area contributed by atoms with Gasteiger partial charge in [0.25, 0.3) is 5.91 Å². The van der Waals surface area contributed by atoms with Crippen molar-refractivity contribution in [3.63, 3.8) is 0 Å². The number of thiophene rings is 1. The van der Waals surface area contributed by atoms with E-state index in [1.807, 2.05) is 25.1 Å². The van der Waals surface area contributed by atoms with Crippen LogP contribution in [0.4, 0.5) is 5.00 Å². The van der Waals surface area contributed by atoms with E-state index in [2.05, 4.69) is 33.5 Å². The molecule has 0 radical (unpaired) electrons. The first-order chi connectivity index (χ1) is 16.3. The molecule has 1 amide bonds. The molecule has 3 aromatic rings. The van der Waals surface area contributed by atoms with Gasteiger partial charge in [-0.25, -0.2) is 4.79 Å². The maximum Gasteiger partial charge on any atom is 0.343 e. The molecule has 2 heterocycles. The lowest BCUT2D eigenvalue weighted by Gasteiger charge is -2.27. The number of benzene rings is 2. The van der Waals surface area contributed by atoms with E-state index in [-0.39, 0.29) is 5.91 Å². The number of carbonyl (C=O) groups is 2. The van der Waals surface area contributed by atoms with Crippen LogP contribution in [-0.2, 0) is 12.8 Å². The first-order valence-corrected chi connectivity index (χ1v) is 12.8. The van der Waals surface area contributed by atoms with Gasteiger partial charge in [-0.05, 0) is 83.4 Å². The van der Waals surface area contributed by atoms with Gasteiger partial charge in [0.1, 0.15) is 11.2 Å². The molecule has 176 valence electrons. The van der Waals surface area contributed by atoms with E-state index in [0.29, 0.717) is 27.5 Å². The van der Waals surface area contributed by atoms with Gasteiger partial charge >= 0.3 is 5.97 Å². The Balaban J connectivity index is 1.42. The summed E-state index contributed by atoms with van der Waals surface area (Å²) in [5.41, 5.74) is 4.29. The van der Waals surface area contributed by atoms with Crippen LogP contribution in [0.2, 0.25) is 0 Å². The number of nitrogens with one attached hydrogen (secondary N) is 2. The van der Waals surface area contributed by atoms with Crippen LogP contribution in [0.3, 0.4) is 0 Å². The molecule has 0 saturated carbocycles. The molecule has 1 aliphatic heterocycles. The number of hydrogen-bond donors (Lipinski definition) is 2. The second-order valence-corrected chi connectivity index (χ2v) is 10.9. The van der Waals surface area contributed by atoms with Crippen LogP contribution in [0.5, 0.6) is 11.5 Å². The van der Waals surface area contributed by atoms with E-state index in [1.165, 1.54) is 17.6 Å². The minimum atomic E-state index is -0.473. The van der Waals surface area contributed by atoms with E-state index in [9.17, 15) is 9.59 Å². The monoisotopic (exact) mass is 540 g/mol. The summed E-state index contributed by atoms with van der Waals surface area (Å²) in [6.45, 7) is 4.22. The maximum atomic E-state index is 13.1. The Morgan fingerprint density at radius 1 is 1.18 bits per heavy atom. The summed E-state index contributed by atoms with van der Waals surface area (Å²) >= 11 is 5.21. The van der Waals surface area contributed by atoms with E-state index in [4.69, 9.17) is 9.47 Å². The smallest absolute Gasteiger partial charge is 0.343 e. The molecule has 0 unspecified atom stereocenters. The number of anilines is 1. The zero-order valence-corrected chi connectivity index (χ0v) is 21.6. The summed E-state index contributed by atoms with van der Waals surface area (Å²) in [5.74, 6) is 0.794. The number of halogens is 1. The van der Waals surface area contributed by atoms with Crippen molar-refractivity contribution in [2.24, 2.45) is 5.92 Å². The highest BCUT2D eigenvalue weighted by atomic mass is 79.9. The summed E-state index contributed by atoms with van der Waals surface area (Å²) in [5, 5.41) is 7.48. The lowest BCUT2D eigenvalue weighted by molar-refractivity contribution is 0.0728. The lowest BCUT2D eigenvalue weighted by Crippen LogP contribution is -2.38. The van der Waals surface area contributed by atoms with Crippen LogP contribution in [0.15, 0.2) is 40.9 Å². The minimum Gasteiger partial charge on any atom is -0.493 e. The highest BCUT2D eigenvalue weighted by molar-refractivity contribution is 9.10. The van der Waals surface area contributed by atoms with Crippen molar-refractivity contribution in [1.82, 2.24) is 5.32 Å². The Morgan fingerprint density at radius 2 is 1.94 bits per heavy atom.